The summed E-state index contributed by atoms with van der Waals surface area (Å²) in [6.07, 6.45) is 0.219. The molecule has 4 rings (SSSR count). The Labute approximate surface area is 184 Å². The number of amides is 1. The fraction of sp³-hybridized carbons (Fsp3) is 0.333. The lowest BCUT2D eigenvalue weighted by Gasteiger charge is -2.49. The Morgan fingerprint density at radius 2 is 1.73 bits per heavy atom. The second-order valence-electron chi connectivity index (χ2n) is 7.55. The van der Waals surface area contributed by atoms with Gasteiger partial charge in [-0.1, -0.05) is 23.2 Å². The van der Waals surface area contributed by atoms with Crippen LogP contribution in [0.15, 0.2) is 47.4 Å². The van der Waals surface area contributed by atoms with Crippen molar-refractivity contribution >= 4 is 44.7 Å². The van der Waals surface area contributed by atoms with Crippen LogP contribution in [0.1, 0.15) is 12.5 Å². The number of carbonyl (C=O) groups excluding carboxylic acids is 2. The molecule has 6 nitrogen and oxygen atoms in total. The molecule has 0 bridgehead atoms. The van der Waals surface area contributed by atoms with Crippen molar-refractivity contribution in [2.24, 2.45) is 11.8 Å². The van der Waals surface area contributed by atoms with Crippen LogP contribution in [0.3, 0.4) is 0 Å². The number of carbonyl (C=O) groups is 2. The number of sulfone groups is 1. The summed E-state index contributed by atoms with van der Waals surface area (Å²) < 4.78 is 32.5. The predicted octanol–water partition coefficient (Wildman–Crippen LogP) is 3.39. The summed E-state index contributed by atoms with van der Waals surface area (Å²) in [4.78, 5) is 25.4. The summed E-state index contributed by atoms with van der Waals surface area (Å²) in [6.45, 7) is 1.52. The van der Waals surface area contributed by atoms with Gasteiger partial charge in [-0.05, 0) is 61.4 Å². The predicted molar refractivity (Wildman–Crippen MR) is 112 cm³/mol. The van der Waals surface area contributed by atoms with E-state index >= 15 is 0 Å². The molecule has 2 aliphatic heterocycles. The molecular formula is C21H19Cl2NO5S. The summed E-state index contributed by atoms with van der Waals surface area (Å²) in [5.41, 5.74) is 0.685. The zero-order valence-electron chi connectivity index (χ0n) is 16.3. The van der Waals surface area contributed by atoms with E-state index in [1.165, 1.54) is 43.2 Å². The number of ketones is 1. The van der Waals surface area contributed by atoms with Crippen LogP contribution in [0.25, 0.3) is 0 Å². The van der Waals surface area contributed by atoms with Crippen molar-refractivity contribution in [1.82, 2.24) is 4.90 Å². The molecular weight excluding hydrogens is 449 g/mol. The maximum Gasteiger partial charge on any atom is 0.231 e. The van der Waals surface area contributed by atoms with Crippen molar-refractivity contribution in [1.29, 1.82) is 0 Å². The number of ether oxygens (including phenoxy) is 1. The van der Waals surface area contributed by atoms with E-state index in [9.17, 15) is 18.0 Å². The van der Waals surface area contributed by atoms with Crippen molar-refractivity contribution in [3.8, 4) is 5.75 Å². The molecule has 2 aromatic rings. The van der Waals surface area contributed by atoms with Crippen LogP contribution in [-0.2, 0) is 25.8 Å². The molecule has 2 heterocycles. The molecule has 30 heavy (non-hydrogen) atoms. The second kappa shape index (κ2) is 7.25. The van der Waals surface area contributed by atoms with Crippen LogP contribution in [0.2, 0.25) is 10.0 Å². The number of rotatable bonds is 5. The van der Waals surface area contributed by atoms with Gasteiger partial charge in [-0.2, -0.15) is 0 Å². The van der Waals surface area contributed by atoms with Crippen molar-refractivity contribution in [3.05, 3.63) is 58.1 Å². The van der Waals surface area contributed by atoms with E-state index in [0.29, 0.717) is 21.4 Å². The molecule has 0 aliphatic carbocycles. The third-order valence-electron chi connectivity index (χ3n) is 5.99. The summed E-state index contributed by atoms with van der Waals surface area (Å²) in [5.74, 6) is -1.92. The average Bonchev–Trinajstić information content (AvgIpc) is 2.98. The van der Waals surface area contributed by atoms with Gasteiger partial charge in [0.2, 0.25) is 20.6 Å². The normalized spacial score (nSPS) is 25.8. The van der Waals surface area contributed by atoms with Gasteiger partial charge >= 0.3 is 0 Å². The highest BCUT2D eigenvalue weighted by Gasteiger charge is 2.75. The standard InChI is InChI=1S/C21H19Cl2NO5S/c1-12-20(26)24-11-14(9-13-10-16(23)5-8-18(13)29-2)19(25)21(12,24)30(27,28)17-6-3-15(22)4-7-17/h3-8,10,12,14H,9,11H2,1-2H3/t12-,14+,21?/m1/s1. The number of methoxy groups -OCH3 is 1. The van der Waals surface area contributed by atoms with E-state index in [4.69, 9.17) is 27.9 Å². The van der Waals surface area contributed by atoms with Crippen LogP contribution in [0.5, 0.6) is 5.75 Å². The van der Waals surface area contributed by atoms with Crippen LogP contribution in [0, 0.1) is 11.8 Å². The molecule has 0 aromatic heterocycles. The van der Waals surface area contributed by atoms with E-state index in [1.807, 2.05) is 0 Å². The Balaban J connectivity index is 1.76. The number of nitrogens with zero attached hydrogens (tertiary/aromatic N) is 1. The monoisotopic (exact) mass is 467 g/mol. The number of Topliss-reactive ketones (excluding diaryl/α,β-unsaturated/α-hetero) is 1. The number of halogens is 2. The quantitative estimate of drug-likeness (QED) is 0.629. The summed E-state index contributed by atoms with van der Waals surface area (Å²) >= 11 is 12.0. The van der Waals surface area contributed by atoms with Gasteiger partial charge < -0.3 is 9.64 Å². The first kappa shape index (κ1) is 21.2. The highest BCUT2D eigenvalue weighted by atomic mass is 35.5. The molecule has 1 amide bonds. The first-order valence-corrected chi connectivity index (χ1v) is 11.6. The first-order chi connectivity index (χ1) is 14.1. The number of fused-ring (bicyclic) bond motifs is 1. The zero-order valence-corrected chi connectivity index (χ0v) is 18.6. The lowest BCUT2D eigenvalue weighted by atomic mass is 9.85. The van der Waals surface area contributed by atoms with Crippen LogP contribution in [0.4, 0.5) is 0 Å². The number of benzene rings is 2. The highest BCUT2D eigenvalue weighted by Crippen LogP contribution is 2.52. The van der Waals surface area contributed by atoms with E-state index in [-0.39, 0.29) is 23.8 Å². The summed E-state index contributed by atoms with van der Waals surface area (Å²) in [5, 5.41) is 0.859. The Kier molecular flexibility index (Phi) is 5.11. The van der Waals surface area contributed by atoms with Crippen LogP contribution in [-0.4, -0.2) is 43.5 Å². The Morgan fingerprint density at radius 3 is 2.37 bits per heavy atom. The van der Waals surface area contributed by atoms with E-state index in [1.54, 1.807) is 18.2 Å². The third-order valence-corrected chi connectivity index (χ3v) is 8.97. The molecule has 2 aromatic carbocycles. The molecule has 158 valence electrons. The van der Waals surface area contributed by atoms with E-state index in [0.717, 1.165) is 0 Å². The molecule has 9 heteroatoms. The van der Waals surface area contributed by atoms with Crippen molar-refractivity contribution in [2.75, 3.05) is 13.7 Å². The number of β-lactam (4-membered cyclic amide) rings is 1. The van der Waals surface area contributed by atoms with Crippen molar-refractivity contribution in [2.45, 2.75) is 23.1 Å². The topological polar surface area (TPSA) is 80.8 Å². The first-order valence-electron chi connectivity index (χ1n) is 9.33. The molecule has 0 N–H and O–H groups in total. The van der Waals surface area contributed by atoms with Gasteiger partial charge in [0.15, 0.2) is 5.78 Å². The number of hydrogen-bond donors (Lipinski definition) is 0. The maximum absolute atomic E-state index is 13.6. The van der Waals surface area contributed by atoms with Gasteiger partial charge in [0.1, 0.15) is 5.75 Å². The minimum atomic E-state index is -4.16. The summed E-state index contributed by atoms with van der Waals surface area (Å²) in [6, 6.07) is 10.7. The molecule has 0 spiro atoms. The van der Waals surface area contributed by atoms with Gasteiger partial charge in [-0.25, -0.2) is 8.42 Å². The van der Waals surface area contributed by atoms with Gasteiger partial charge in [0.05, 0.1) is 17.9 Å². The average molecular weight is 468 g/mol. The number of hydrogen-bond acceptors (Lipinski definition) is 5. The molecule has 0 saturated carbocycles. The Hall–Kier alpha value is -2.09. The van der Waals surface area contributed by atoms with Crippen molar-refractivity contribution in [3.63, 3.8) is 0 Å². The van der Waals surface area contributed by atoms with E-state index in [2.05, 4.69) is 0 Å². The SMILES string of the molecule is COc1ccc(Cl)cc1C[C@H]1CN2C(=O)[C@@H](C)C2(S(=O)(=O)c2ccc(Cl)cc2)C1=O. The second-order valence-corrected chi connectivity index (χ2v) is 10.5. The van der Waals surface area contributed by atoms with E-state index < -0.39 is 32.3 Å². The Morgan fingerprint density at radius 1 is 1.10 bits per heavy atom. The minimum Gasteiger partial charge on any atom is -0.496 e. The fourth-order valence-corrected chi connectivity index (χ4v) is 7.16. The van der Waals surface area contributed by atoms with Gasteiger partial charge in [0.25, 0.3) is 0 Å². The highest BCUT2D eigenvalue weighted by molar-refractivity contribution is 7.93. The maximum atomic E-state index is 13.6. The molecule has 2 fully saturated rings. The van der Waals surface area contributed by atoms with Gasteiger partial charge in [-0.15, -0.1) is 0 Å². The molecule has 3 atom stereocenters. The summed E-state index contributed by atoms with van der Waals surface area (Å²) in [7, 11) is -2.65. The zero-order chi connectivity index (χ0) is 21.8. The lowest BCUT2D eigenvalue weighted by molar-refractivity contribution is -0.159. The van der Waals surface area contributed by atoms with Crippen molar-refractivity contribution < 1.29 is 22.7 Å². The molecule has 2 aliphatic rings. The van der Waals surface area contributed by atoms with Crippen LogP contribution < -0.4 is 4.74 Å². The lowest BCUT2D eigenvalue weighted by Crippen LogP contribution is -2.73. The minimum absolute atomic E-state index is 0.0322. The van der Waals surface area contributed by atoms with Gasteiger partial charge in [0, 0.05) is 22.5 Å². The largest absolute Gasteiger partial charge is 0.496 e. The van der Waals surface area contributed by atoms with Gasteiger partial charge in [-0.3, -0.25) is 9.59 Å². The fourth-order valence-electron chi connectivity index (χ4n) is 4.53. The Bertz CT molecular complexity index is 1150. The molecule has 2 saturated heterocycles. The molecule has 0 radical (unpaired) electrons. The molecule has 1 unspecified atom stereocenters. The third kappa shape index (κ3) is 2.79. The smallest absolute Gasteiger partial charge is 0.231 e. The van der Waals surface area contributed by atoms with Crippen LogP contribution >= 0.6 is 23.2 Å².